The largest absolute Gasteiger partial charge is 0.460 e. The van der Waals surface area contributed by atoms with Gasteiger partial charge in [0.2, 0.25) is 0 Å². The molecular weight excluding hydrogens is 272 g/mol. The first kappa shape index (κ1) is 18.3. The summed E-state index contributed by atoms with van der Waals surface area (Å²) in [4.78, 5) is 12.3. The Bertz CT molecular complexity index is 552. The van der Waals surface area contributed by atoms with Crippen molar-refractivity contribution in [1.82, 2.24) is 0 Å². The summed E-state index contributed by atoms with van der Waals surface area (Å²) in [5.41, 5.74) is 3.76. The van der Waals surface area contributed by atoms with Crippen LogP contribution in [-0.2, 0) is 16.0 Å². The predicted molar refractivity (Wildman–Crippen MR) is 92.1 cm³/mol. The third-order valence-electron chi connectivity index (χ3n) is 3.47. The second-order valence-electron chi connectivity index (χ2n) is 7.35. The van der Waals surface area contributed by atoms with E-state index in [9.17, 15) is 4.79 Å². The van der Waals surface area contributed by atoms with Gasteiger partial charge in [0, 0.05) is 5.56 Å². The maximum absolute atomic E-state index is 12.3. The zero-order chi connectivity index (χ0) is 17.1. The van der Waals surface area contributed by atoms with Gasteiger partial charge in [-0.2, -0.15) is 0 Å². The highest BCUT2D eigenvalue weighted by molar-refractivity contribution is 5.74. The lowest BCUT2D eigenvalue weighted by atomic mass is 9.85. The number of rotatable bonds is 4. The van der Waals surface area contributed by atoms with Crippen LogP contribution in [0.2, 0.25) is 0 Å². The maximum Gasteiger partial charge on any atom is 0.310 e. The zero-order valence-corrected chi connectivity index (χ0v) is 14.9. The summed E-state index contributed by atoms with van der Waals surface area (Å²) in [6, 6.07) is 4.05. The summed E-state index contributed by atoms with van der Waals surface area (Å²) in [6.07, 6.45) is 5.88. The van der Waals surface area contributed by atoms with Crippen LogP contribution in [0.15, 0.2) is 12.1 Å². The van der Waals surface area contributed by atoms with E-state index < -0.39 is 5.60 Å². The van der Waals surface area contributed by atoms with E-state index in [1.165, 1.54) is 0 Å². The Morgan fingerprint density at radius 2 is 1.59 bits per heavy atom. The molecule has 0 aliphatic carbocycles. The Balaban J connectivity index is 3.32. The first-order chi connectivity index (χ1) is 10.0. The Kier molecular flexibility index (Phi) is 5.83. The van der Waals surface area contributed by atoms with Crippen molar-refractivity contribution in [1.29, 1.82) is 0 Å². The van der Waals surface area contributed by atoms with Crippen molar-refractivity contribution < 1.29 is 9.53 Å². The molecule has 0 aliphatic heterocycles. The molecule has 0 aromatic heterocycles. The molecular formula is C20H28O2. The Labute approximate surface area is 135 Å². The van der Waals surface area contributed by atoms with Crippen molar-refractivity contribution in [2.24, 2.45) is 0 Å². The first-order valence-electron chi connectivity index (χ1n) is 7.90. The number of carbonyl (C=O) groups excluding carboxylic acids is 1. The van der Waals surface area contributed by atoms with Gasteiger partial charge in [0.25, 0.3) is 0 Å². The molecule has 0 unspecified atom stereocenters. The van der Waals surface area contributed by atoms with Crippen LogP contribution in [0.1, 0.15) is 82.6 Å². The smallest absolute Gasteiger partial charge is 0.310 e. The van der Waals surface area contributed by atoms with Gasteiger partial charge in [0.15, 0.2) is 0 Å². The minimum absolute atomic E-state index is 0.190. The van der Waals surface area contributed by atoms with Crippen LogP contribution in [0, 0.1) is 12.3 Å². The molecule has 0 spiro atoms. The van der Waals surface area contributed by atoms with Crippen LogP contribution >= 0.6 is 0 Å². The molecule has 1 rings (SSSR count). The number of ether oxygens (including phenoxy) is 1. The average Bonchev–Trinajstić information content (AvgIpc) is 2.35. The normalized spacial score (nSPS) is 11.6. The molecule has 0 saturated heterocycles. The lowest BCUT2D eigenvalue weighted by Crippen LogP contribution is -2.25. The fraction of sp³-hybridized carbons (Fsp3) is 0.550. The van der Waals surface area contributed by atoms with Crippen LogP contribution in [0.25, 0.3) is 0 Å². The average molecular weight is 300 g/mol. The number of terminal acetylenes is 1. The van der Waals surface area contributed by atoms with E-state index in [0.717, 1.165) is 22.3 Å². The third-order valence-corrected chi connectivity index (χ3v) is 3.47. The van der Waals surface area contributed by atoms with E-state index in [1.54, 1.807) is 0 Å². The second kappa shape index (κ2) is 7.01. The highest BCUT2D eigenvalue weighted by Crippen LogP contribution is 2.30. The van der Waals surface area contributed by atoms with E-state index in [1.807, 2.05) is 32.9 Å². The number of benzene rings is 1. The predicted octanol–water partition coefficient (Wildman–Crippen LogP) is 4.80. The molecule has 0 N–H and O–H groups in total. The summed E-state index contributed by atoms with van der Waals surface area (Å²) in [5.74, 6) is 3.15. The van der Waals surface area contributed by atoms with Crippen LogP contribution in [-0.4, -0.2) is 11.6 Å². The molecule has 1 aromatic carbocycles. The van der Waals surface area contributed by atoms with Crippen LogP contribution < -0.4 is 0 Å². The standard InChI is InChI=1S/C20H28O2/c1-9-15-10-16(13(2)3)18(17(11-15)14(4)5)12-19(21)22-20(6,7)8/h1,10-11,13-14H,12H2,2-8H3. The van der Waals surface area contributed by atoms with E-state index in [2.05, 4.69) is 33.6 Å². The summed E-state index contributed by atoms with van der Waals surface area (Å²) < 4.78 is 5.49. The van der Waals surface area contributed by atoms with E-state index in [4.69, 9.17) is 11.2 Å². The van der Waals surface area contributed by atoms with Gasteiger partial charge in [-0.1, -0.05) is 33.6 Å². The van der Waals surface area contributed by atoms with E-state index in [0.29, 0.717) is 18.3 Å². The number of esters is 1. The SMILES string of the molecule is C#Cc1cc(C(C)C)c(CC(=O)OC(C)(C)C)c(C(C)C)c1. The van der Waals surface area contributed by atoms with Crippen molar-refractivity contribution in [2.75, 3.05) is 0 Å². The molecule has 120 valence electrons. The molecule has 2 nitrogen and oxygen atoms in total. The summed E-state index contributed by atoms with van der Waals surface area (Å²) >= 11 is 0. The van der Waals surface area contributed by atoms with E-state index >= 15 is 0 Å². The van der Waals surface area contributed by atoms with Crippen molar-refractivity contribution in [3.8, 4) is 12.3 Å². The third kappa shape index (κ3) is 4.91. The Morgan fingerprint density at radius 1 is 1.14 bits per heavy atom. The summed E-state index contributed by atoms with van der Waals surface area (Å²) in [6.45, 7) is 14.2. The molecule has 0 heterocycles. The topological polar surface area (TPSA) is 26.3 Å². The number of hydrogen-bond acceptors (Lipinski definition) is 2. The molecule has 0 amide bonds. The van der Waals surface area contributed by atoms with Gasteiger partial charge in [-0.25, -0.2) is 0 Å². The van der Waals surface area contributed by atoms with Crippen LogP contribution in [0.3, 0.4) is 0 Å². The molecule has 22 heavy (non-hydrogen) atoms. The Morgan fingerprint density at radius 3 is 1.91 bits per heavy atom. The molecule has 0 saturated carbocycles. The van der Waals surface area contributed by atoms with Crippen LogP contribution in [0.5, 0.6) is 0 Å². The second-order valence-corrected chi connectivity index (χ2v) is 7.35. The lowest BCUT2D eigenvalue weighted by molar-refractivity contribution is -0.153. The van der Waals surface area contributed by atoms with Crippen LogP contribution in [0.4, 0.5) is 0 Å². The quantitative estimate of drug-likeness (QED) is 0.590. The molecule has 0 aliphatic rings. The van der Waals surface area contributed by atoms with Crippen molar-refractivity contribution in [3.63, 3.8) is 0 Å². The van der Waals surface area contributed by atoms with Crippen molar-refractivity contribution in [3.05, 3.63) is 34.4 Å². The fourth-order valence-corrected chi connectivity index (χ4v) is 2.56. The zero-order valence-electron chi connectivity index (χ0n) is 14.9. The number of hydrogen-bond donors (Lipinski definition) is 0. The Hall–Kier alpha value is -1.75. The minimum Gasteiger partial charge on any atom is -0.460 e. The number of carbonyl (C=O) groups is 1. The molecule has 0 bridgehead atoms. The first-order valence-corrected chi connectivity index (χ1v) is 7.90. The highest BCUT2D eigenvalue weighted by atomic mass is 16.6. The van der Waals surface area contributed by atoms with Gasteiger partial charge >= 0.3 is 5.97 Å². The van der Waals surface area contributed by atoms with E-state index in [-0.39, 0.29) is 5.97 Å². The van der Waals surface area contributed by atoms with Gasteiger partial charge in [0.05, 0.1) is 6.42 Å². The molecule has 1 aromatic rings. The molecule has 0 radical (unpaired) electrons. The van der Waals surface area contributed by atoms with Gasteiger partial charge in [-0.15, -0.1) is 6.42 Å². The summed E-state index contributed by atoms with van der Waals surface area (Å²) in [5, 5.41) is 0. The van der Waals surface area contributed by atoms with Gasteiger partial charge in [-0.3, -0.25) is 4.79 Å². The lowest BCUT2D eigenvalue weighted by Gasteiger charge is -2.23. The fourth-order valence-electron chi connectivity index (χ4n) is 2.56. The molecule has 0 fully saturated rings. The van der Waals surface area contributed by atoms with Crippen molar-refractivity contribution >= 4 is 5.97 Å². The highest BCUT2D eigenvalue weighted by Gasteiger charge is 2.21. The van der Waals surface area contributed by atoms with Gasteiger partial charge < -0.3 is 4.74 Å². The van der Waals surface area contributed by atoms with Gasteiger partial charge in [0.1, 0.15) is 5.60 Å². The summed E-state index contributed by atoms with van der Waals surface area (Å²) in [7, 11) is 0. The molecule has 2 heteroatoms. The maximum atomic E-state index is 12.3. The minimum atomic E-state index is -0.466. The molecule has 0 atom stereocenters. The monoisotopic (exact) mass is 300 g/mol. The van der Waals surface area contributed by atoms with Gasteiger partial charge in [-0.05, 0) is 61.4 Å². The van der Waals surface area contributed by atoms with Crippen molar-refractivity contribution in [2.45, 2.75) is 72.3 Å².